The van der Waals surface area contributed by atoms with Gasteiger partial charge in [-0.3, -0.25) is 4.79 Å². The minimum atomic E-state index is 0.0298. The van der Waals surface area contributed by atoms with E-state index in [1.165, 1.54) is 24.0 Å². The van der Waals surface area contributed by atoms with Crippen molar-refractivity contribution in [3.63, 3.8) is 0 Å². The second-order valence-corrected chi connectivity index (χ2v) is 7.50. The number of benzene rings is 1. The van der Waals surface area contributed by atoms with E-state index >= 15 is 0 Å². The van der Waals surface area contributed by atoms with Crippen LogP contribution in [0.2, 0.25) is 0 Å². The van der Waals surface area contributed by atoms with Crippen molar-refractivity contribution in [1.82, 2.24) is 10.2 Å². The molecule has 1 amide bonds. The van der Waals surface area contributed by atoms with E-state index in [2.05, 4.69) is 25.2 Å². The summed E-state index contributed by atoms with van der Waals surface area (Å²) in [7, 11) is 0. The molecule has 2 aliphatic rings. The van der Waals surface area contributed by atoms with E-state index in [1.54, 1.807) is 0 Å². The van der Waals surface area contributed by atoms with Gasteiger partial charge in [0.05, 0.1) is 0 Å². The van der Waals surface area contributed by atoms with Crippen molar-refractivity contribution < 1.29 is 9.21 Å². The van der Waals surface area contributed by atoms with Crippen LogP contribution in [0.5, 0.6) is 0 Å². The van der Waals surface area contributed by atoms with Gasteiger partial charge < -0.3 is 14.6 Å². The summed E-state index contributed by atoms with van der Waals surface area (Å²) in [4.78, 5) is 14.7. The highest BCUT2D eigenvalue weighted by Crippen LogP contribution is 2.28. The number of fused-ring (bicyclic) bond motifs is 1. The lowest BCUT2D eigenvalue weighted by molar-refractivity contribution is 0.0675. The molecular formula is C20H26N2O2. The monoisotopic (exact) mass is 326 g/mol. The highest BCUT2D eigenvalue weighted by Gasteiger charge is 2.27. The Kier molecular flexibility index (Phi) is 4.09. The van der Waals surface area contributed by atoms with Crippen molar-refractivity contribution in [3.8, 4) is 0 Å². The fourth-order valence-electron chi connectivity index (χ4n) is 3.51. The largest absolute Gasteiger partial charge is 0.451 e. The van der Waals surface area contributed by atoms with Gasteiger partial charge in [0.25, 0.3) is 5.91 Å². The molecule has 1 N–H and O–H groups in total. The first kappa shape index (κ1) is 15.7. The minimum Gasteiger partial charge on any atom is -0.451 e. The zero-order chi connectivity index (χ0) is 16.7. The third-order valence-electron chi connectivity index (χ3n) is 5.52. The van der Waals surface area contributed by atoms with Crippen LogP contribution in [-0.2, 0) is 0 Å². The van der Waals surface area contributed by atoms with Crippen LogP contribution in [0.25, 0.3) is 11.0 Å². The Labute approximate surface area is 143 Å². The maximum Gasteiger partial charge on any atom is 0.289 e. The van der Waals surface area contributed by atoms with Crippen molar-refractivity contribution >= 4 is 16.9 Å². The number of carbonyl (C=O) groups excluding carboxylic acids is 1. The number of furan rings is 1. The number of amides is 1. The molecule has 1 aliphatic carbocycles. The first-order valence-electron chi connectivity index (χ1n) is 9.13. The van der Waals surface area contributed by atoms with E-state index in [1.807, 2.05) is 17.0 Å². The molecule has 128 valence electrons. The van der Waals surface area contributed by atoms with E-state index < -0.39 is 0 Å². The SMILES string of the molecule is Cc1cc2cc(C(=O)N3CCC(NCC4CC4)CC3)oc2cc1C. The molecule has 1 saturated carbocycles. The number of hydrogen-bond donors (Lipinski definition) is 1. The molecule has 1 saturated heterocycles. The van der Waals surface area contributed by atoms with Crippen molar-refractivity contribution in [2.45, 2.75) is 45.6 Å². The summed E-state index contributed by atoms with van der Waals surface area (Å²) in [5.41, 5.74) is 3.23. The van der Waals surface area contributed by atoms with Gasteiger partial charge in [-0.25, -0.2) is 0 Å². The van der Waals surface area contributed by atoms with Gasteiger partial charge >= 0.3 is 0 Å². The summed E-state index contributed by atoms with van der Waals surface area (Å²) < 4.78 is 5.83. The highest BCUT2D eigenvalue weighted by atomic mass is 16.3. The summed E-state index contributed by atoms with van der Waals surface area (Å²) in [5, 5.41) is 4.67. The third-order valence-corrected chi connectivity index (χ3v) is 5.52. The Morgan fingerprint density at radius 1 is 1.12 bits per heavy atom. The standard InChI is InChI=1S/C20H26N2O2/c1-13-9-16-11-19(24-18(16)10-14(13)2)20(23)22-7-5-17(6-8-22)21-12-15-3-4-15/h9-11,15,17,21H,3-8,12H2,1-2H3. The lowest BCUT2D eigenvalue weighted by Gasteiger charge is -2.32. The van der Waals surface area contributed by atoms with Crippen LogP contribution in [0.15, 0.2) is 22.6 Å². The van der Waals surface area contributed by atoms with Crippen LogP contribution < -0.4 is 5.32 Å². The van der Waals surface area contributed by atoms with Crippen LogP contribution in [-0.4, -0.2) is 36.5 Å². The van der Waals surface area contributed by atoms with Crippen LogP contribution >= 0.6 is 0 Å². The third kappa shape index (κ3) is 3.20. The molecule has 4 rings (SSSR count). The Morgan fingerprint density at radius 2 is 1.83 bits per heavy atom. The van der Waals surface area contributed by atoms with Gasteiger partial charge in [-0.05, 0) is 81.3 Å². The molecule has 0 unspecified atom stereocenters. The summed E-state index contributed by atoms with van der Waals surface area (Å²) in [6.07, 6.45) is 4.85. The zero-order valence-electron chi connectivity index (χ0n) is 14.6. The average molecular weight is 326 g/mol. The number of rotatable bonds is 4. The number of likely N-dealkylation sites (tertiary alicyclic amines) is 1. The molecular weight excluding hydrogens is 300 g/mol. The first-order chi connectivity index (χ1) is 11.6. The molecule has 1 aromatic heterocycles. The molecule has 2 aromatic rings. The predicted octanol–water partition coefficient (Wildman–Crippen LogP) is 3.65. The Hall–Kier alpha value is -1.81. The number of piperidine rings is 1. The van der Waals surface area contributed by atoms with Gasteiger partial charge in [-0.1, -0.05) is 0 Å². The fraction of sp³-hybridized carbons (Fsp3) is 0.550. The quantitative estimate of drug-likeness (QED) is 0.933. The smallest absolute Gasteiger partial charge is 0.289 e. The summed E-state index contributed by atoms with van der Waals surface area (Å²) in [5.74, 6) is 1.41. The van der Waals surface area contributed by atoms with Crippen molar-refractivity contribution in [3.05, 3.63) is 35.1 Å². The molecule has 4 heteroatoms. The molecule has 24 heavy (non-hydrogen) atoms. The first-order valence-corrected chi connectivity index (χ1v) is 9.13. The Morgan fingerprint density at radius 3 is 2.54 bits per heavy atom. The van der Waals surface area contributed by atoms with Crippen molar-refractivity contribution in [2.24, 2.45) is 5.92 Å². The number of nitrogens with one attached hydrogen (secondary N) is 1. The number of aryl methyl sites for hydroxylation is 2. The number of nitrogens with zero attached hydrogens (tertiary/aromatic N) is 1. The number of carbonyl (C=O) groups is 1. The van der Waals surface area contributed by atoms with E-state index in [4.69, 9.17) is 4.42 Å². The van der Waals surface area contributed by atoms with Crippen LogP contribution in [0.4, 0.5) is 0 Å². The maximum absolute atomic E-state index is 12.7. The number of hydrogen-bond acceptors (Lipinski definition) is 3. The lowest BCUT2D eigenvalue weighted by Crippen LogP contribution is -2.45. The molecule has 0 atom stereocenters. The molecule has 2 fully saturated rings. The van der Waals surface area contributed by atoms with Gasteiger partial charge in [-0.15, -0.1) is 0 Å². The zero-order valence-corrected chi connectivity index (χ0v) is 14.6. The van der Waals surface area contributed by atoms with Crippen LogP contribution in [0, 0.1) is 19.8 Å². The molecule has 1 aliphatic heterocycles. The van der Waals surface area contributed by atoms with E-state index in [0.717, 1.165) is 49.4 Å². The van der Waals surface area contributed by atoms with Gasteiger partial charge in [-0.2, -0.15) is 0 Å². The average Bonchev–Trinajstić information content (AvgIpc) is 3.33. The van der Waals surface area contributed by atoms with Gasteiger partial charge in [0.15, 0.2) is 5.76 Å². The van der Waals surface area contributed by atoms with Gasteiger partial charge in [0, 0.05) is 24.5 Å². The molecule has 0 bridgehead atoms. The van der Waals surface area contributed by atoms with E-state index in [-0.39, 0.29) is 5.91 Å². The molecule has 1 aromatic carbocycles. The minimum absolute atomic E-state index is 0.0298. The summed E-state index contributed by atoms with van der Waals surface area (Å²) in [6, 6.07) is 6.58. The van der Waals surface area contributed by atoms with Crippen LogP contribution in [0.3, 0.4) is 0 Å². The second kappa shape index (κ2) is 6.25. The van der Waals surface area contributed by atoms with Gasteiger partial charge in [0.1, 0.15) is 5.58 Å². The highest BCUT2D eigenvalue weighted by molar-refractivity contribution is 5.96. The Bertz CT molecular complexity index is 713. The predicted molar refractivity (Wildman–Crippen MR) is 95.3 cm³/mol. The lowest BCUT2D eigenvalue weighted by atomic mass is 10.0. The molecule has 4 nitrogen and oxygen atoms in total. The maximum atomic E-state index is 12.7. The van der Waals surface area contributed by atoms with Gasteiger partial charge in [0.2, 0.25) is 0 Å². The second-order valence-electron chi connectivity index (χ2n) is 7.50. The van der Waals surface area contributed by atoms with E-state index in [0.29, 0.717) is 11.8 Å². The normalized spacial score (nSPS) is 19.2. The summed E-state index contributed by atoms with van der Waals surface area (Å²) in [6.45, 7) is 6.94. The van der Waals surface area contributed by atoms with Crippen molar-refractivity contribution in [2.75, 3.05) is 19.6 Å². The summed E-state index contributed by atoms with van der Waals surface area (Å²) >= 11 is 0. The Balaban J connectivity index is 1.40. The molecule has 0 radical (unpaired) electrons. The van der Waals surface area contributed by atoms with Crippen molar-refractivity contribution in [1.29, 1.82) is 0 Å². The van der Waals surface area contributed by atoms with Crippen LogP contribution in [0.1, 0.15) is 47.4 Å². The van der Waals surface area contributed by atoms with E-state index in [9.17, 15) is 4.79 Å². The fourth-order valence-corrected chi connectivity index (χ4v) is 3.51. The molecule has 2 heterocycles. The topological polar surface area (TPSA) is 45.5 Å². The molecule has 0 spiro atoms.